The zero-order valence-electron chi connectivity index (χ0n) is 20.8. The zero-order chi connectivity index (χ0) is 25.3. The van der Waals surface area contributed by atoms with Crippen molar-refractivity contribution >= 4 is 28.6 Å². The quantitative estimate of drug-likeness (QED) is 0.259. The first-order valence-electron chi connectivity index (χ1n) is 12.6. The average Bonchev–Trinajstić information content (AvgIpc) is 2.90. The summed E-state index contributed by atoms with van der Waals surface area (Å²) in [4.78, 5) is 22.8. The highest BCUT2D eigenvalue weighted by molar-refractivity contribution is 7.99. The molecular formula is C28H35N3O4S. The van der Waals surface area contributed by atoms with Crippen LogP contribution in [0.1, 0.15) is 43.8 Å². The van der Waals surface area contributed by atoms with Crippen LogP contribution in [0.5, 0.6) is 5.75 Å². The molecule has 3 aromatic rings. The Morgan fingerprint density at radius 1 is 1.19 bits per heavy atom. The zero-order valence-corrected chi connectivity index (χ0v) is 21.6. The Morgan fingerprint density at radius 2 is 2.08 bits per heavy atom. The minimum atomic E-state index is -0.745. The van der Waals surface area contributed by atoms with Gasteiger partial charge in [0.05, 0.1) is 23.8 Å². The number of aliphatic hydroxyl groups is 1. The van der Waals surface area contributed by atoms with E-state index in [1.165, 1.54) is 0 Å². The normalized spacial score (nSPS) is 19.3. The Labute approximate surface area is 216 Å². The molecule has 3 heterocycles. The molecule has 8 heteroatoms. The maximum absolute atomic E-state index is 11.6. The van der Waals surface area contributed by atoms with Gasteiger partial charge in [0.25, 0.3) is 0 Å². The van der Waals surface area contributed by atoms with Gasteiger partial charge < -0.3 is 19.8 Å². The summed E-state index contributed by atoms with van der Waals surface area (Å²) in [5.74, 6) is 1.37. The van der Waals surface area contributed by atoms with Crippen LogP contribution < -0.4 is 4.74 Å². The number of aromatic nitrogens is 2. The molecule has 2 aromatic heterocycles. The second-order valence-corrected chi connectivity index (χ2v) is 10.6. The minimum Gasteiger partial charge on any atom is -0.497 e. The van der Waals surface area contributed by atoms with Crippen LogP contribution in [0.4, 0.5) is 0 Å². The largest absolute Gasteiger partial charge is 0.497 e. The number of carboxylic acids is 1. The number of pyridine rings is 2. The summed E-state index contributed by atoms with van der Waals surface area (Å²) in [5, 5.41) is 22.5. The van der Waals surface area contributed by atoms with Crippen molar-refractivity contribution in [1.29, 1.82) is 0 Å². The van der Waals surface area contributed by atoms with Crippen molar-refractivity contribution in [1.82, 2.24) is 14.9 Å². The molecule has 1 aliphatic heterocycles. The standard InChI is InChI=1S/C28H35N3O4S/c1-35-22-7-8-25-24(18-22)23(10-13-29-25)26(32)9-6-20-11-15-31(19-21(20)17-28(33)34)14-4-16-36-27-5-2-3-12-30-27/h2-3,5,7-8,10,12-13,18,20-21,26,32H,4,6,9,11,14-17,19H2,1H3,(H,33,34)/t20-,21+,26?/m1/s1. The molecule has 1 aromatic carbocycles. The molecule has 2 N–H and O–H groups in total. The predicted octanol–water partition coefficient (Wildman–Crippen LogP) is 5.05. The van der Waals surface area contributed by atoms with Crippen molar-refractivity contribution in [3.8, 4) is 5.75 Å². The molecule has 0 aliphatic carbocycles. The Hall–Kier alpha value is -2.68. The number of methoxy groups -OCH3 is 1. The summed E-state index contributed by atoms with van der Waals surface area (Å²) in [6.45, 7) is 2.74. The van der Waals surface area contributed by atoms with Crippen LogP contribution in [0.15, 0.2) is 59.9 Å². The third-order valence-electron chi connectivity index (χ3n) is 7.07. The van der Waals surface area contributed by atoms with Gasteiger partial charge in [0.1, 0.15) is 5.75 Å². The topological polar surface area (TPSA) is 95.8 Å². The number of carbonyl (C=O) groups is 1. The number of hydrogen-bond donors (Lipinski definition) is 2. The Bertz CT molecular complexity index is 1130. The molecule has 192 valence electrons. The summed E-state index contributed by atoms with van der Waals surface area (Å²) >= 11 is 1.76. The fourth-order valence-electron chi connectivity index (χ4n) is 5.18. The number of piperidine rings is 1. The molecule has 7 nitrogen and oxygen atoms in total. The van der Waals surface area contributed by atoms with Crippen molar-refractivity contribution < 1.29 is 19.7 Å². The average molecular weight is 510 g/mol. The van der Waals surface area contributed by atoms with E-state index >= 15 is 0 Å². The molecule has 1 fully saturated rings. The number of carboxylic acid groups (broad SMARTS) is 1. The molecule has 0 radical (unpaired) electrons. The first kappa shape index (κ1) is 26.4. The minimum absolute atomic E-state index is 0.0983. The molecule has 36 heavy (non-hydrogen) atoms. The van der Waals surface area contributed by atoms with Crippen LogP contribution in [-0.2, 0) is 4.79 Å². The SMILES string of the molecule is COc1ccc2nccc(C(O)CC[C@@H]3CCN(CCCSc4ccccn4)C[C@@H]3CC(=O)O)c2c1. The van der Waals surface area contributed by atoms with Gasteiger partial charge in [0, 0.05) is 36.5 Å². The Kier molecular flexibility index (Phi) is 9.55. The number of hydrogen-bond acceptors (Lipinski definition) is 7. The highest BCUT2D eigenvalue weighted by Gasteiger charge is 2.31. The second kappa shape index (κ2) is 13.0. The van der Waals surface area contributed by atoms with E-state index in [4.69, 9.17) is 4.74 Å². The van der Waals surface area contributed by atoms with Crippen LogP contribution in [-0.4, -0.2) is 63.5 Å². The summed E-state index contributed by atoms with van der Waals surface area (Å²) in [7, 11) is 1.63. The van der Waals surface area contributed by atoms with Gasteiger partial charge in [-0.05, 0) is 92.6 Å². The lowest BCUT2D eigenvalue weighted by Gasteiger charge is -2.38. The van der Waals surface area contributed by atoms with Gasteiger partial charge in [-0.3, -0.25) is 9.78 Å². The molecule has 0 amide bonds. The van der Waals surface area contributed by atoms with Crippen molar-refractivity contribution in [2.24, 2.45) is 11.8 Å². The highest BCUT2D eigenvalue weighted by Crippen LogP contribution is 2.35. The summed E-state index contributed by atoms with van der Waals surface area (Å²) < 4.78 is 5.36. The number of likely N-dealkylation sites (tertiary alicyclic amines) is 1. The van der Waals surface area contributed by atoms with E-state index in [1.807, 2.05) is 48.7 Å². The lowest BCUT2D eigenvalue weighted by atomic mass is 9.79. The third kappa shape index (κ3) is 7.18. The number of nitrogens with zero attached hydrogens (tertiary/aromatic N) is 3. The van der Waals surface area contributed by atoms with Gasteiger partial charge in [-0.2, -0.15) is 0 Å². The molecule has 1 unspecified atom stereocenters. The van der Waals surface area contributed by atoms with Crippen LogP contribution in [0.3, 0.4) is 0 Å². The van der Waals surface area contributed by atoms with Crippen molar-refractivity contribution in [2.75, 3.05) is 32.5 Å². The first-order chi connectivity index (χ1) is 17.5. The molecular weight excluding hydrogens is 474 g/mol. The van der Waals surface area contributed by atoms with E-state index in [0.29, 0.717) is 6.42 Å². The maximum atomic E-state index is 11.6. The summed E-state index contributed by atoms with van der Waals surface area (Å²) in [6.07, 6.45) is 6.49. The molecule has 1 aliphatic rings. The number of fused-ring (bicyclic) bond motifs is 1. The van der Waals surface area contributed by atoms with Gasteiger partial charge in [-0.15, -0.1) is 11.8 Å². The lowest BCUT2D eigenvalue weighted by molar-refractivity contribution is -0.139. The predicted molar refractivity (Wildman–Crippen MR) is 142 cm³/mol. The lowest BCUT2D eigenvalue weighted by Crippen LogP contribution is -2.42. The fourth-order valence-corrected chi connectivity index (χ4v) is 5.98. The van der Waals surface area contributed by atoms with E-state index in [9.17, 15) is 15.0 Å². The first-order valence-corrected chi connectivity index (χ1v) is 13.6. The molecule has 4 rings (SSSR count). The van der Waals surface area contributed by atoms with Gasteiger partial charge in [0.2, 0.25) is 0 Å². The molecule has 0 bridgehead atoms. The van der Waals surface area contributed by atoms with E-state index in [-0.39, 0.29) is 18.3 Å². The number of rotatable bonds is 12. The van der Waals surface area contributed by atoms with Crippen LogP contribution in [0.2, 0.25) is 0 Å². The van der Waals surface area contributed by atoms with Gasteiger partial charge in [-0.1, -0.05) is 6.07 Å². The Morgan fingerprint density at radius 3 is 2.86 bits per heavy atom. The fraction of sp³-hybridized carbons (Fsp3) is 0.464. The molecule has 0 spiro atoms. The maximum Gasteiger partial charge on any atom is 0.303 e. The van der Waals surface area contributed by atoms with E-state index in [1.54, 1.807) is 25.1 Å². The van der Waals surface area contributed by atoms with Gasteiger partial charge >= 0.3 is 5.97 Å². The second-order valence-electron chi connectivity index (χ2n) is 9.45. The number of aliphatic hydroxyl groups excluding tert-OH is 1. The van der Waals surface area contributed by atoms with Crippen LogP contribution in [0.25, 0.3) is 10.9 Å². The van der Waals surface area contributed by atoms with E-state index in [0.717, 1.165) is 71.9 Å². The highest BCUT2D eigenvalue weighted by atomic mass is 32.2. The molecule has 3 atom stereocenters. The van der Waals surface area contributed by atoms with E-state index in [2.05, 4.69) is 14.9 Å². The summed E-state index contributed by atoms with van der Waals surface area (Å²) in [6, 6.07) is 13.5. The Balaban J connectivity index is 1.31. The summed E-state index contributed by atoms with van der Waals surface area (Å²) in [5.41, 5.74) is 1.67. The van der Waals surface area contributed by atoms with Crippen LogP contribution in [0, 0.1) is 11.8 Å². The smallest absolute Gasteiger partial charge is 0.303 e. The van der Waals surface area contributed by atoms with Crippen LogP contribution >= 0.6 is 11.8 Å². The molecule has 0 saturated carbocycles. The van der Waals surface area contributed by atoms with Crippen molar-refractivity contribution in [3.63, 3.8) is 0 Å². The third-order valence-corrected chi connectivity index (χ3v) is 8.10. The molecule has 1 saturated heterocycles. The number of aliphatic carboxylic acids is 1. The van der Waals surface area contributed by atoms with Crippen molar-refractivity contribution in [3.05, 3.63) is 60.4 Å². The number of benzene rings is 1. The van der Waals surface area contributed by atoms with Gasteiger partial charge in [-0.25, -0.2) is 4.98 Å². The number of thioether (sulfide) groups is 1. The monoisotopic (exact) mass is 509 g/mol. The van der Waals surface area contributed by atoms with Crippen molar-refractivity contribution in [2.45, 2.75) is 43.2 Å². The van der Waals surface area contributed by atoms with Gasteiger partial charge in [0.15, 0.2) is 0 Å². The van der Waals surface area contributed by atoms with E-state index < -0.39 is 12.1 Å². The number of ether oxygens (including phenoxy) is 1.